The summed E-state index contributed by atoms with van der Waals surface area (Å²) in [5, 5.41) is 9.08. The first kappa shape index (κ1) is 7.80. The van der Waals surface area contributed by atoms with Crippen LogP contribution >= 0.6 is 0 Å². The van der Waals surface area contributed by atoms with Crippen molar-refractivity contribution in [3.63, 3.8) is 0 Å². The molecule has 3 atom stereocenters. The molecule has 3 unspecified atom stereocenters. The highest BCUT2D eigenvalue weighted by Crippen LogP contribution is 2.36. The Kier molecular flexibility index (Phi) is 1.68. The van der Waals surface area contributed by atoms with Gasteiger partial charge in [0, 0.05) is 12.8 Å². The predicted octanol–water partition coefficient (Wildman–Crippen LogP) is 0.154. The standard InChI is InChI=1S/C9H13NO2/c1-6(12)10-8-3-2-7(4-8)9(10)5-11/h2-3,7-9,11H,4-5H2,1H3. The molecule has 1 aliphatic heterocycles. The molecular formula is C9H13NO2. The number of hydrogen-bond donors (Lipinski definition) is 1. The topological polar surface area (TPSA) is 40.5 Å². The summed E-state index contributed by atoms with van der Waals surface area (Å²) in [6.45, 7) is 1.66. The fourth-order valence-electron chi connectivity index (χ4n) is 2.34. The molecule has 2 bridgehead atoms. The molecule has 12 heavy (non-hydrogen) atoms. The van der Waals surface area contributed by atoms with Gasteiger partial charge in [-0.15, -0.1) is 0 Å². The first-order valence-corrected chi connectivity index (χ1v) is 4.32. The van der Waals surface area contributed by atoms with Crippen molar-refractivity contribution in [3.05, 3.63) is 12.2 Å². The Morgan fingerprint density at radius 2 is 2.42 bits per heavy atom. The zero-order chi connectivity index (χ0) is 8.72. The maximum atomic E-state index is 11.2. The Morgan fingerprint density at radius 3 is 2.92 bits per heavy atom. The number of carbonyl (C=O) groups is 1. The van der Waals surface area contributed by atoms with E-state index in [1.54, 1.807) is 11.8 Å². The van der Waals surface area contributed by atoms with Crippen molar-refractivity contribution < 1.29 is 9.90 Å². The molecule has 0 spiro atoms. The Bertz CT molecular complexity index is 237. The quantitative estimate of drug-likeness (QED) is 0.565. The molecule has 0 aromatic rings. The Hall–Kier alpha value is -0.830. The van der Waals surface area contributed by atoms with Gasteiger partial charge in [-0.2, -0.15) is 0 Å². The Labute approximate surface area is 71.7 Å². The van der Waals surface area contributed by atoms with Crippen molar-refractivity contribution in [3.8, 4) is 0 Å². The van der Waals surface area contributed by atoms with E-state index in [1.807, 2.05) is 0 Å². The van der Waals surface area contributed by atoms with Gasteiger partial charge < -0.3 is 10.0 Å². The smallest absolute Gasteiger partial charge is 0.220 e. The summed E-state index contributed by atoms with van der Waals surface area (Å²) in [6, 6.07) is 0.294. The van der Waals surface area contributed by atoms with Crippen molar-refractivity contribution in [2.24, 2.45) is 5.92 Å². The lowest BCUT2D eigenvalue weighted by Crippen LogP contribution is -2.43. The second kappa shape index (κ2) is 2.59. The van der Waals surface area contributed by atoms with Gasteiger partial charge in [-0.3, -0.25) is 4.79 Å². The second-order valence-electron chi connectivity index (χ2n) is 3.53. The van der Waals surface area contributed by atoms with Gasteiger partial charge >= 0.3 is 0 Å². The summed E-state index contributed by atoms with van der Waals surface area (Å²) < 4.78 is 0. The number of aliphatic hydroxyl groups is 1. The van der Waals surface area contributed by atoms with Crippen LogP contribution in [0.1, 0.15) is 13.3 Å². The predicted molar refractivity (Wildman–Crippen MR) is 44.4 cm³/mol. The molecule has 3 nitrogen and oxygen atoms in total. The SMILES string of the molecule is CC(=O)N1C2C=CC(C2)C1CO. The molecular weight excluding hydrogens is 154 g/mol. The van der Waals surface area contributed by atoms with Crippen molar-refractivity contribution in [2.75, 3.05) is 6.61 Å². The van der Waals surface area contributed by atoms with Gasteiger partial charge in [0.25, 0.3) is 0 Å². The molecule has 1 fully saturated rings. The number of carbonyl (C=O) groups excluding carboxylic acids is 1. The summed E-state index contributed by atoms with van der Waals surface area (Å²) in [5.74, 6) is 0.467. The van der Waals surface area contributed by atoms with E-state index in [0.717, 1.165) is 6.42 Å². The molecule has 1 heterocycles. The number of fused-ring (bicyclic) bond motifs is 2. The summed E-state index contributed by atoms with van der Waals surface area (Å²) >= 11 is 0. The molecule has 2 aliphatic rings. The molecule has 1 N–H and O–H groups in total. The highest BCUT2D eigenvalue weighted by atomic mass is 16.3. The maximum absolute atomic E-state index is 11.2. The minimum Gasteiger partial charge on any atom is -0.394 e. The van der Waals surface area contributed by atoms with Crippen LogP contribution in [0.15, 0.2) is 12.2 Å². The van der Waals surface area contributed by atoms with Crippen LogP contribution in [0.3, 0.4) is 0 Å². The second-order valence-corrected chi connectivity index (χ2v) is 3.53. The van der Waals surface area contributed by atoms with Gasteiger partial charge in [0.1, 0.15) is 0 Å². The number of likely N-dealkylation sites (tertiary alicyclic amines) is 1. The first-order valence-electron chi connectivity index (χ1n) is 4.32. The molecule has 0 radical (unpaired) electrons. The van der Waals surface area contributed by atoms with Crippen molar-refractivity contribution in [1.29, 1.82) is 0 Å². The van der Waals surface area contributed by atoms with Crippen LogP contribution < -0.4 is 0 Å². The van der Waals surface area contributed by atoms with Crippen molar-refractivity contribution in [2.45, 2.75) is 25.4 Å². The van der Waals surface area contributed by atoms with Crippen molar-refractivity contribution in [1.82, 2.24) is 4.90 Å². The molecule has 0 aromatic carbocycles. The highest BCUT2D eigenvalue weighted by Gasteiger charge is 2.43. The minimum atomic E-state index is 0.0394. The Morgan fingerprint density at radius 1 is 1.67 bits per heavy atom. The lowest BCUT2D eigenvalue weighted by molar-refractivity contribution is -0.132. The number of aliphatic hydroxyl groups excluding tert-OH is 1. The summed E-state index contributed by atoms with van der Waals surface area (Å²) in [6.07, 6.45) is 5.19. The fraction of sp³-hybridized carbons (Fsp3) is 0.667. The monoisotopic (exact) mass is 167 g/mol. The lowest BCUT2D eigenvalue weighted by atomic mass is 10.0. The zero-order valence-electron chi connectivity index (χ0n) is 7.10. The third-order valence-electron chi connectivity index (χ3n) is 2.85. The Balaban J connectivity index is 2.23. The van der Waals surface area contributed by atoms with E-state index in [-0.39, 0.29) is 24.6 Å². The average molecular weight is 167 g/mol. The van der Waals surface area contributed by atoms with E-state index >= 15 is 0 Å². The maximum Gasteiger partial charge on any atom is 0.220 e. The summed E-state index contributed by atoms with van der Waals surface area (Å²) in [4.78, 5) is 13.0. The number of amides is 1. The van der Waals surface area contributed by atoms with Crippen molar-refractivity contribution >= 4 is 5.91 Å². The molecule has 0 saturated carbocycles. The van der Waals surface area contributed by atoms with E-state index < -0.39 is 0 Å². The number of nitrogens with zero attached hydrogens (tertiary/aromatic N) is 1. The number of hydrogen-bond acceptors (Lipinski definition) is 2. The average Bonchev–Trinajstić information content (AvgIpc) is 2.60. The molecule has 1 aliphatic carbocycles. The fourth-order valence-corrected chi connectivity index (χ4v) is 2.34. The molecule has 2 rings (SSSR count). The summed E-state index contributed by atoms with van der Waals surface area (Å²) in [5.41, 5.74) is 0. The van der Waals surface area contributed by atoms with Gasteiger partial charge in [0.15, 0.2) is 0 Å². The van der Waals surface area contributed by atoms with Gasteiger partial charge in [-0.05, 0) is 6.42 Å². The van der Waals surface area contributed by atoms with E-state index in [2.05, 4.69) is 12.2 Å². The summed E-state index contributed by atoms with van der Waals surface area (Å²) in [7, 11) is 0. The van der Waals surface area contributed by atoms with Crippen LogP contribution in [0.5, 0.6) is 0 Å². The van der Waals surface area contributed by atoms with Gasteiger partial charge in [-0.25, -0.2) is 0 Å². The molecule has 66 valence electrons. The van der Waals surface area contributed by atoms with Crippen LogP contribution in [-0.4, -0.2) is 34.6 Å². The van der Waals surface area contributed by atoms with Crippen LogP contribution in [0, 0.1) is 5.92 Å². The van der Waals surface area contributed by atoms with E-state index in [1.165, 1.54) is 0 Å². The van der Waals surface area contributed by atoms with Gasteiger partial charge in [0.05, 0.1) is 18.7 Å². The van der Waals surface area contributed by atoms with Crippen LogP contribution in [0.2, 0.25) is 0 Å². The van der Waals surface area contributed by atoms with Crippen LogP contribution in [0.25, 0.3) is 0 Å². The van der Waals surface area contributed by atoms with Gasteiger partial charge in [-0.1, -0.05) is 12.2 Å². The zero-order valence-corrected chi connectivity index (χ0v) is 7.10. The molecule has 1 amide bonds. The van der Waals surface area contributed by atoms with E-state index in [0.29, 0.717) is 5.92 Å². The molecule has 1 saturated heterocycles. The molecule has 3 heteroatoms. The van der Waals surface area contributed by atoms with E-state index in [4.69, 9.17) is 5.11 Å². The van der Waals surface area contributed by atoms with Crippen LogP contribution in [-0.2, 0) is 4.79 Å². The largest absolute Gasteiger partial charge is 0.394 e. The highest BCUT2D eigenvalue weighted by molar-refractivity contribution is 5.75. The van der Waals surface area contributed by atoms with Crippen LogP contribution in [0.4, 0.5) is 0 Å². The van der Waals surface area contributed by atoms with Gasteiger partial charge in [0.2, 0.25) is 5.91 Å². The number of rotatable bonds is 1. The first-order chi connectivity index (χ1) is 5.74. The lowest BCUT2D eigenvalue weighted by Gasteiger charge is -2.30. The van der Waals surface area contributed by atoms with E-state index in [9.17, 15) is 4.79 Å². The molecule has 0 aromatic heterocycles. The third-order valence-corrected chi connectivity index (χ3v) is 2.85. The normalized spacial score (nSPS) is 37.8. The third kappa shape index (κ3) is 0.894. The minimum absolute atomic E-state index is 0.0394.